The summed E-state index contributed by atoms with van der Waals surface area (Å²) in [5.74, 6) is 1.65. The van der Waals surface area contributed by atoms with Gasteiger partial charge in [-0.1, -0.05) is 18.0 Å². The van der Waals surface area contributed by atoms with E-state index in [0.29, 0.717) is 30.3 Å². The molecule has 1 aromatic rings. The van der Waals surface area contributed by atoms with Crippen molar-refractivity contribution in [3.63, 3.8) is 0 Å². The molecule has 2 saturated carbocycles. The van der Waals surface area contributed by atoms with E-state index in [1.165, 1.54) is 12.8 Å². The SMILES string of the molecule is O=C(O)[C@@H]1C[C@@H]2CCCC[C@H]2N1Cc1nc(C2CC2)no1. The van der Waals surface area contributed by atoms with Crippen molar-refractivity contribution in [2.45, 2.75) is 69.5 Å². The molecule has 4 rings (SSSR count). The lowest BCUT2D eigenvalue weighted by Gasteiger charge is -2.31. The van der Waals surface area contributed by atoms with E-state index in [2.05, 4.69) is 15.0 Å². The Bertz CT molecular complexity index is 540. The normalized spacial score (nSPS) is 33.0. The molecule has 2 aliphatic carbocycles. The van der Waals surface area contributed by atoms with Gasteiger partial charge in [0.2, 0.25) is 5.89 Å². The van der Waals surface area contributed by atoms with E-state index in [0.717, 1.165) is 37.9 Å². The summed E-state index contributed by atoms with van der Waals surface area (Å²) in [6.45, 7) is 0.484. The first-order chi connectivity index (χ1) is 10.2. The molecule has 114 valence electrons. The summed E-state index contributed by atoms with van der Waals surface area (Å²) in [5, 5.41) is 13.5. The monoisotopic (exact) mass is 291 g/mol. The Morgan fingerprint density at radius 2 is 2.10 bits per heavy atom. The number of carboxylic acid groups (broad SMARTS) is 1. The van der Waals surface area contributed by atoms with Crippen LogP contribution in [0.4, 0.5) is 0 Å². The Kier molecular flexibility index (Phi) is 3.21. The number of likely N-dealkylation sites (tertiary alicyclic amines) is 1. The van der Waals surface area contributed by atoms with Gasteiger partial charge >= 0.3 is 5.97 Å². The number of aromatic nitrogens is 2. The fourth-order valence-electron chi connectivity index (χ4n) is 4.02. The molecule has 0 spiro atoms. The maximum absolute atomic E-state index is 11.6. The molecule has 0 aromatic carbocycles. The van der Waals surface area contributed by atoms with Crippen molar-refractivity contribution >= 4 is 5.97 Å². The van der Waals surface area contributed by atoms with Crippen molar-refractivity contribution in [1.82, 2.24) is 15.0 Å². The zero-order valence-electron chi connectivity index (χ0n) is 12.1. The quantitative estimate of drug-likeness (QED) is 0.915. The zero-order valence-corrected chi connectivity index (χ0v) is 12.1. The molecule has 1 aromatic heterocycles. The maximum atomic E-state index is 11.6. The van der Waals surface area contributed by atoms with Gasteiger partial charge in [-0.3, -0.25) is 9.69 Å². The fourth-order valence-corrected chi connectivity index (χ4v) is 4.02. The molecule has 1 N–H and O–H groups in total. The highest BCUT2D eigenvalue weighted by molar-refractivity contribution is 5.74. The van der Waals surface area contributed by atoms with Crippen LogP contribution in [-0.2, 0) is 11.3 Å². The molecule has 0 unspecified atom stereocenters. The minimum Gasteiger partial charge on any atom is -0.480 e. The van der Waals surface area contributed by atoms with Gasteiger partial charge in [-0.15, -0.1) is 0 Å². The van der Waals surface area contributed by atoms with Gasteiger partial charge in [0.05, 0.1) is 6.54 Å². The molecule has 1 aliphatic heterocycles. The van der Waals surface area contributed by atoms with Crippen molar-refractivity contribution in [2.75, 3.05) is 0 Å². The van der Waals surface area contributed by atoms with E-state index in [1.54, 1.807) is 0 Å². The van der Waals surface area contributed by atoms with Gasteiger partial charge in [0.25, 0.3) is 0 Å². The average Bonchev–Trinajstić information content (AvgIpc) is 3.12. The number of nitrogens with zero attached hydrogens (tertiary/aromatic N) is 3. The number of hydrogen-bond acceptors (Lipinski definition) is 5. The molecule has 3 atom stereocenters. The number of fused-ring (bicyclic) bond motifs is 1. The molecular formula is C15H21N3O3. The van der Waals surface area contributed by atoms with Crippen molar-refractivity contribution < 1.29 is 14.4 Å². The Morgan fingerprint density at radius 3 is 2.86 bits per heavy atom. The largest absolute Gasteiger partial charge is 0.480 e. The Morgan fingerprint density at radius 1 is 1.29 bits per heavy atom. The molecule has 0 amide bonds. The number of hydrogen-bond donors (Lipinski definition) is 1. The number of carbonyl (C=O) groups is 1. The number of carboxylic acids is 1. The Labute approximate surface area is 123 Å². The minimum atomic E-state index is -0.716. The van der Waals surface area contributed by atoms with Gasteiger partial charge in [-0.05, 0) is 38.0 Å². The third kappa shape index (κ3) is 2.46. The van der Waals surface area contributed by atoms with Crippen LogP contribution in [0.25, 0.3) is 0 Å². The topological polar surface area (TPSA) is 79.5 Å². The van der Waals surface area contributed by atoms with Gasteiger partial charge in [-0.25, -0.2) is 0 Å². The van der Waals surface area contributed by atoms with Crippen LogP contribution in [0.5, 0.6) is 0 Å². The van der Waals surface area contributed by atoms with E-state index in [9.17, 15) is 9.90 Å². The van der Waals surface area contributed by atoms with Gasteiger partial charge < -0.3 is 9.63 Å². The van der Waals surface area contributed by atoms with Crippen molar-refractivity contribution in [3.05, 3.63) is 11.7 Å². The third-order valence-corrected chi connectivity index (χ3v) is 5.25. The van der Waals surface area contributed by atoms with E-state index >= 15 is 0 Å². The standard InChI is InChI=1S/C15H21N3O3/c19-15(20)12-7-10-3-1-2-4-11(10)18(12)8-13-16-14(17-21-13)9-5-6-9/h9-12H,1-8H2,(H,19,20)/t10-,11+,12-/m0/s1. The summed E-state index contributed by atoms with van der Waals surface area (Å²) in [7, 11) is 0. The van der Waals surface area contributed by atoms with Crippen LogP contribution < -0.4 is 0 Å². The Hall–Kier alpha value is -1.43. The van der Waals surface area contributed by atoms with Gasteiger partial charge in [0.15, 0.2) is 5.82 Å². The lowest BCUT2D eigenvalue weighted by molar-refractivity contribution is -0.143. The second kappa shape index (κ2) is 5.09. The predicted octanol–water partition coefficient (Wildman–Crippen LogP) is 2.16. The van der Waals surface area contributed by atoms with Crippen LogP contribution in [0, 0.1) is 5.92 Å². The zero-order chi connectivity index (χ0) is 14.4. The van der Waals surface area contributed by atoms with E-state index in [4.69, 9.17) is 4.52 Å². The fraction of sp³-hybridized carbons (Fsp3) is 0.800. The van der Waals surface area contributed by atoms with Crippen LogP contribution in [0.3, 0.4) is 0 Å². The average molecular weight is 291 g/mol. The van der Waals surface area contributed by atoms with Crippen molar-refractivity contribution in [3.8, 4) is 0 Å². The van der Waals surface area contributed by atoms with Crippen LogP contribution in [0.2, 0.25) is 0 Å². The van der Waals surface area contributed by atoms with E-state index in [-0.39, 0.29) is 0 Å². The molecule has 3 fully saturated rings. The summed E-state index contributed by atoms with van der Waals surface area (Å²) < 4.78 is 5.34. The molecule has 2 heterocycles. The second-order valence-electron chi connectivity index (χ2n) is 6.69. The summed E-state index contributed by atoms with van der Waals surface area (Å²) in [6, 6.07) is -0.0227. The van der Waals surface area contributed by atoms with Gasteiger partial charge in [0, 0.05) is 12.0 Å². The highest BCUT2D eigenvalue weighted by atomic mass is 16.5. The highest BCUT2D eigenvalue weighted by Crippen LogP contribution is 2.41. The molecule has 1 saturated heterocycles. The summed E-state index contributed by atoms with van der Waals surface area (Å²) in [5.41, 5.74) is 0. The number of aliphatic carboxylic acids is 1. The van der Waals surface area contributed by atoms with Crippen LogP contribution in [0.1, 0.15) is 62.6 Å². The van der Waals surface area contributed by atoms with E-state index in [1.807, 2.05) is 0 Å². The summed E-state index contributed by atoms with van der Waals surface area (Å²) >= 11 is 0. The van der Waals surface area contributed by atoms with Gasteiger partial charge in [0.1, 0.15) is 6.04 Å². The predicted molar refractivity (Wildman–Crippen MR) is 73.6 cm³/mol. The molecule has 3 aliphatic rings. The summed E-state index contributed by atoms with van der Waals surface area (Å²) in [6.07, 6.45) is 7.73. The van der Waals surface area contributed by atoms with E-state index < -0.39 is 12.0 Å². The molecule has 0 bridgehead atoms. The molecule has 21 heavy (non-hydrogen) atoms. The molecule has 6 heteroatoms. The molecular weight excluding hydrogens is 270 g/mol. The first kappa shape index (κ1) is 13.2. The minimum absolute atomic E-state index is 0.371. The summed E-state index contributed by atoms with van der Waals surface area (Å²) in [4.78, 5) is 18.1. The molecule has 6 nitrogen and oxygen atoms in total. The first-order valence-corrected chi connectivity index (χ1v) is 8.03. The van der Waals surface area contributed by atoms with Gasteiger partial charge in [-0.2, -0.15) is 4.98 Å². The highest BCUT2D eigenvalue weighted by Gasteiger charge is 2.45. The smallest absolute Gasteiger partial charge is 0.320 e. The number of rotatable bonds is 4. The maximum Gasteiger partial charge on any atom is 0.320 e. The first-order valence-electron chi connectivity index (χ1n) is 8.03. The van der Waals surface area contributed by atoms with Crippen LogP contribution in [-0.4, -0.2) is 38.2 Å². The van der Waals surface area contributed by atoms with Crippen LogP contribution >= 0.6 is 0 Å². The van der Waals surface area contributed by atoms with Crippen molar-refractivity contribution in [2.24, 2.45) is 5.92 Å². The second-order valence-corrected chi connectivity index (χ2v) is 6.69. The molecule has 0 radical (unpaired) electrons. The van der Waals surface area contributed by atoms with Crippen LogP contribution in [0.15, 0.2) is 4.52 Å². The third-order valence-electron chi connectivity index (χ3n) is 5.25. The Balaban J connectivity index is 1.53. The lowest BCUT2D eigenvalue weighted by Crippen LogP contribution is -2.41. The van der Waals surface area contributed by atoms with Crippen molar-refractivity contribution in [1.29, 1.82) is 0 Å². The lowest BCUT2D eigenvalue weighted by atomic mass is 9.85.